The van der Waals surface area contributed by atoms with Gasteiger partial charge in [0.2, 0.25) is 17.7 Å². The number of hydrogen-bond acceptors (Lipinski definition) is 7. The molecule has 5 rings (SSSR count). The van der Waals surface area contributed by atoms with Crippen LogP contribution in [-0.2, 0) is 20.9 Å². The van der Waals surface area contributed by atoms with E-state index in [-0.39, 0.29) is 23.8 Å². The average Bonchev–Trinajstić information content (AvgIpc) is 3.33. The summed E-state index contributed by atoms with van der Waals surface area (Å²) in [4.78, 5) is 51.4. The van der Waals surface area contributed by atoms with Crippen molar-refractivity contribution in [2.24, 2.45) is 0 Å². The molecule has 0 aliphatic carbocycles. The number of amides is 3. The fraction of sp³-hybridized carbons (Fsp3) is 0.704. The lowest BCUT2D eigenvalue weighted by molar-refractivity contribution is -0.136. The maximum absolute atomic E-state index is 13.5. The monoisotopic (exact) mass is 512 g/mol. The molecule has 202 valence electrons. The second kappa shape index (κ2) is 10.6. The van der Waals surface area contributed by atoms with Crippen LogP contribution in [0.25, 0.3) is 0 Å². The molecule has 1 N–H and O–H groups in total. The summed E-state index contributed by atoms with van der Waals surface area (Å²) in [7, 11) is 3.77. The number of ether oxygens (including phenoxy) is 1. The molecule has 10 heteroatoms. The van der Waals surface area contributed by atoms with Crippen LogP contribution in [0.5, 0.6) is 5.75 Å². The number of rotatable bonds is 5. The van der Waals surface area contributed by atoms with Crippen molar-refractivity contribution >= 4 is 17.7 Å². The molecule has 1 aromatic rings. The first kappa shape index (κ1) is 25.9. The molecule has 4 aliphatic heterocycles. The van der Waals surface area contributed by atoms with Crippen LogP contribution in [0.4, 0.5) is 0 Å². The van der Waals surface area contributed by atoms with Crippen LogP contribution in [0.1, 0.15) is 51.1 Å². The topological polar surface area (TPSA) is 98.3 Å². The minimum absolute atomic E-state index is 0.00649. The number of pyridine rings is 1. The number of likely N-dealkylation sites (N-methyl/N-ethyl adjacent to an activating group) is 1. The van der Waals surface area contributed by atoms with Crippen molar-refractivity contribution in [3.05, 3.63) is 24.0 Å². The molecule has 0 bridgehead atoms. The predicted octanol–water partition coefficient (Wildman–Crippen LogP) is 0.857. The smallest absolute Gasteiger partial charge is 0.243 e. The SMILES string of the molecule is COc1cccnc1CN1CCC2(CC1)CC(=O)N1C[C@@H](N(C)C3CCN(C(C)=O)CC3)C[C@H]1C(=O)N2. The number of piperidine rings is 2. The maximum Gasteiger partial charge on any atom is 0.243 e. The Hall–Kier alpha value is -2.72. The highest BCUT2D eigenvalue weighted by atomic mass is 16.5. The third-order valence-electron chi connectivity index (χ3n) is 9.10. The number of aromatic nitrogens is 1. The van der Waals surface area contributed by atoms with Gasteiger partial charge in [-0.2, -0.15) is 0 Å². The van der Waals surface area contributed by atoms with Gasteiger partial charge < -0.3 is 19.9 Å². The quantitative estimate of drug-likeness (QED) is 0.625. The first-order valence-electron chi connectivity index (χ1n) is 13.6. The Balaban J connectivity index is 1.18. The second-order valence-corrected chi connectivity index (χ2v) is 11.2. The summed E-state index contributed by atoms with van der Waals surface area (Å²) in [5, 5.41) is 3.33. The van der Waals surface area contributed by atoms with Gasteiger partial charge in [-0.15, -0.1) is 0 Å². The molecule has 1 aromatic heterocycles. The van der Waals surface area contributed by atoms with E-state index in [1.807, 2.05) is 21.9 Å². The number of nitrogens with one attached hydrogen (secondary N) is 1. The molecular formula is C27H40N6O4. The Morgan fingerprint density at radius 2 is 1.92 bits per heavy atom. The van der Waals surface area contributed by atoms with Crippen molar-refractivity contribution in [3.63, 3.8) is 0 Å². The molecule has 0 aromatic carbocycles. The molecule has 4 fully saturated rings. The predicted molar refractivity (Wildman–Crippen MR) is 138 cm³/mol. The van der Waals surface area contributed by atoms with Crippen LogP contribution in [0.3, 0.4) is 0 Å². The fourth-order valence-electron chi connectivity index (χ4n) is 6.68. The van der Waals surface area contributed by atoms with E-state index in [1.54, 1.807) is 20.2 Å². The number of hydrogen-bond donors (Lipinski definition) is 1. The Morgan fingerprint density at radius 3 is 2.59 bits per heavy atom. The van der Waals surface area contributed by atoms with Crippen LogP contribution in [0.2, 0.25) is 0 Å². The summed E-state index contributed by atoms with van der Waals surface area (Å²) >= 11 is 0. The number of methoxy groups -OCH3 is 1. The Kier molecular flexibility index (Phi) is 7.40. The lowest BCUT2D eigenvalue weighted by Gasteiger charge is -2.41. The van der Waals surface area contributed by atoms with E-state index in [0.29, 0.717) is 32.0 Å². The van der Waals surface area contributed by atoms with E-state index in [9.17, 15) is 14.4 Å². The van der Waals surface area contributed by atoms with Gasteiger partial charge in [0.15, 0.2) is 0 Å². The Labute approximate surface area is 219 Å². The maximum atomic E-state index is 13.5. The van der Waals surface area contributed by atoms with Gasteiger partial charge in [0.25, 0.3) is 0 Å². The lowest BCUT2D eigenvalue weighted by Crippen LogP contribution is -2.56. The molecule has 3 amide bonds. The number of fused-ring (bicyclic) bond motifs is 1. The second-order valence-electron chi connectivity index (χ2n) is 11.2. The van der Waals surface area contributed by atoms with Gasteiger partial charge >= 0.3 is 0 Å². The van der Waals surface area contributed by atoms with Crippen molar-refractivity contribution in [2.75, 3.05) is 46.9 Å². The summed E-state index contributed by atoms with van der Waals surface area (Å²) < 4.78 is 5.45. The normalized spacial score (nSPS) is 26.8. The van der Waals surface area contributed by atoms with Crippen LogP contribution < -0.4 is 10.1 Å². The third-order valence-corrected chi connectivity index (χ3v) is 9.10. The van der Waals surface area contributed by atoms with Gasteiger partial charge in [0.05, 0.1) is 24.8 Å². The molecule has 0 unspecified atom stereocenters. The van der Waals surface area contributed by atoms with Crippen LogP contribution in [0.15, 0.2) is 18.3 Å². The van der Waals surface area contributed by atoms with Crippen molar-refractivity contribution in [2.45, 2.75) is 75.7 Å². The summed E-state index contributed by atoms with van der Waals surface area (Å²) in [6, 6.07) is 3.93. The molecule has 1 spiro atoms. The molecule has 10 nitrogen and oxygen atoms in total. The van der Waals surface area contributed by atoms with Gasteiger partial charge in [-0.1, -0.05) is 0 Å². The van der Waals surface area contributed by atoms with E-state index in [0.717, 1.165) is 63.3 Å². The van der Waals surface area contributed by atoms with Crippen LogP contribution in [0, 0.1) is 0 Å². The number of likely N-dealkylation sites (tertiary alicyclic amines) is 2. The summed E-state index contributed by atoms with van der Waals surface area (Å²) in [6.45, 7) is 6.05. The molecule has 2 atom stereocenters. The summed E-state index contributed by atoms with van der Waals surface area (Å²) in [5.74, 6) is 0.998. The van der Waals surface area contributed by atoms with Crippen molar-refractivity contribution in [1.82, 2.24) is 29.9 Å². The molecule has 37 heavy (non-hydrogen) atoms. The molecule has 4 aliphatic rings. The van der Waals surface area contributed by atoms with Gasteiger partial charge in [-0.3, -0.25) is 29.2 Å². The largest absolute Gasteiger partial charge is 0.495 e. The van der Waals surface area contributed by atoms with E-state index in [2.05, 4.69) is 27.1 Å². The zero-order chi connectivity index (χ0) is 26.2. The number of carbonyl (C=O) groups is 3. The minimum Gasteiger partial charge on any atom is -0.495 e. The zero-order valence-electron chi connectivity index (χ0n) is 22.3. The highest BCUT2D eigenvalue weighted by Gasteiger charge is 2.50. The molecule has 5 heterocycles. The summed E-state index contributed by atoms with van der Waals surface area (Å²) in [5.41, 5.74) is 0.439. The van der Waals surface area contributed by atoms with Crippen LogP contribution >= 0.6 is 0 Å². The molecule has 0 saturated carbocycles. The van der Waals surface area contributed by atoms with Crippen molar-refractivity contribution < 1.29 is 19.1 Å². The first-order valence-corrected chi connectivity index (χ1v) is 13.6. The number of nitrogens with zero attached hydrogens (tertiary/aromatic N) is 5. The molecule has 4 saturated heterocycles. The molecular weight excluding hydrogens is 472 g/mol. The standard InChI is InChI=1S/C27H40N6O4/c1-19(34)32-11-6-20(7-12-32)30(2)21-15-23-26(36)29-27(16-25(35)33(23)17-21)8-13-31(14-9-27)18-22-24(37-3)5-4-10-28-22/h4-5,10,20-21,23H,6-9,11-18H2,1-3H3,(H,29,36)/t21-,23-/m0/s1. The van der Waals surface area contributed by atoms with E-state index < -0.39 is 11.6 Å². The number of carbonyl (C=O) groups excluding carboxylic acids is 3. The fourth-order valence-corrected chi connectivity index (χ4v) is 6.68. The van der Waals surface area contributed by atoms with E-state index in [4.69, 9.17) is 4.74 Å². The molecule has 0 radical (unpaired) electrons. The zero-order valence-corrected chi connectivity index (χ0v) is 22.3. The van der Waals surface area contributed by atoms with Gasteiger partial charge in [-0.05, 0) is 51.3 Å². The Morgan fingerprint density at radius 1 is 1.19 bits per heavy atom. The lowest BCUT2D eigenvalue weighted by atomic mass is 9.84. The van der Waals surface area contributed by atoms with Gasteiger partial charge in [0.1, 0.15) is 11.8 Å². The minimum atomic E-state index is -0.468. The van der Waals surface area contributed by atoms with Gasteiger partial charge in [0, 0.05) is 64.5 Å². The van der Waals surface area contributed by atoms with Gasteiger partial charge in [-0.25, -0.2) is 0 Å². The van der Waals surface area contributed by atoms with E-state index in [1.165, 1.54) is 0 Å². The van der Waals surface area contributed by atoms with Crippen molar-refractivity contribution in [1.29, 1.82) is 0 Å². The summed E-state index contributed by atoms with van der Waals surface area (Å²) in [6.07, 6.45) is 6.17. The Bertz CT molecular complexity index is 990. The third kappa shape index (κ3) is 5.31. The highest BCUT2D eigenvalue weighted by Crippen LogP contribution is 2.35. The highest BCUT2D eigenvalue weighted by molar-refractivity contribution is 5.92. The average molecular weight is 513 g/mol. The van der Waals surface area contributed by atoms with Crippen molar-refractivity contribution in [3.8, 4) is 5.75 Å². The van der Waals surface area contributed by atoms with Crippen LogP contribution in [-0.4, -0.2) is 113 Å². The first-order chi connectivity index (χ1) is 17.8. The van der Waals surface area contributed by atoms with E-state index >= 15 is 0 Å².